The zero-order valence-corrected chi connectivity index (χ0v) is 23.6. The number of aromatic amines is 2. The number of hydrogen-bond acceptors (Lipinski definition) is 8. The monoisotopic (exact) mass is 557 g/mol. The average Bonchev–Trinajstić information content (AvgIpc) is 3.63. The summed E-state index contributed by atoms with van der Waals surface area (Å²) in [7, 11) is 2.19. The molecule has 10 nitrogen and oxygen atoms in total. The third-order valence-corrected chi connectivity index (χ3v) is 7.70. The van der Waals surface area contributed by atoms with E-state index in [2.05, 4.69) is 57.2 Å². The first-order valence-corrected chi connectivity index (χ1v) is 14.5. The molecule has 3 heterocycles. The Hall–Kier alpha value is -3.54. The van der Waals surface area contributed by atoms with Gasteiger partial charge in [-0.05, 0) is 62.0 Å². The molecule has 0 saturated carbocycles. The number of nitrogens with one attached hydrogen (secondary N) is 2. The highest BCUT2D eigenvalue weighted by Gasteiger charge is 2.22. The van der Waals surface area contributed by atoms with Gasteiger partial charge in [0.25, 0.3) is 0 Å². The normalized spacial score (nSPS) is 17.8. The fraction of sp³-hybridized carbons (Fsp3) is 0.419. The minimum Gasteiger partial charge on any atom is -0.491 e. The van der Waals surface area contributed by atoms with Crippen LogP contribution in [0.5, 0.6) is 5.75 Å². The second kappa shape index (κ2) is 13.0. The number of rotatable bonds is 12. The lowest BCUT2D eigenvalue weighted by atomic mass is 10.1. The number of likely N-dealkylation sites (N-methyl/N-ethyl adjacent to an activating group) is 1. The van der Waals surface area contributed by atoms with Crippen LogP contribution in [0.4, 0.5) is 0 Å². The summed E-state index contributed by atoms with van der Waals surface area (Å²) in [5.41, 5.74) is 9.31. The molecule has 10 heteroatoms. The van der Waals surface area contributed by atoms with Gasteiger partial charge in [-0.2, -0.15) is 0 Å². The first-order valence-electron chi connectivity index (χ1n) is 14.5. The van der Waals surface area contributed by atoms with Gasteiger partial charge in [0.15, 0.2) is 0 Å². The van der Waals surface area contributed by atoms with Crippen molar-refractivity contribution < 1.29 is 14.2 Å². The molecule has 0 radical (unpaired) electrons. The Morgan fingerprint density at radius 2 is 1.59 bits per heavy atom. The Balaban J connectivity index is 1.09. The Morgan fingerprint density at radius 3 is 2.39 bits per heavy atom. The molecule has 1 atom stereocenters. The number of aromatic nitrogens is 4. The van der Waals surface area contributed by atoms with E-state index in [4.69, 9.17) is 29.9 Å². The number of nitrogens with zero attached hydrogens (tertiary/aromatic N) is 4. The number of hydrogen-bond donors (Lipinski definition) is 3. The summed E-state index contributed by atoms with van der Waals surface area (Å²) in [5, 5.41) is 2.15. The van der Waals surface area contributed by atoms with Crippen LogP contribution in [0.1, 0.15) is 6.42 Å². The minimum absolute atomic E-state index is 0.417. The predicted octanol–water partition coefficient (Wildman–Crippen LogP) is 1.57. The van der Waals surface area contributed by atoms with Gasteiger partial charge in [-0.3, -0.25) is 4.90 Å². The van der Waals surface area contributed by atoms with Crippen molar-refractivity contribution >= 4 is 23.2 Å². The summed E-state index contributed by atoms with van der Waals surface area (Å²) < 4.78 is 16.6. The summed E-state index contributed by atoms with van der Waals surface area (Å²) in [6, 6.07) is 14.6. The molecule has 6 rings (SSSR count). The highest BCUT2D eigenvalue weighted by atomic mass is 16.5. The molecular formula is C31H39N7O3. The first-order chi connectivity index (χ1) is 20.2. The largest absolute Gasteiger partial charge is 0.491 e. The predicted molar refractivity (Wildman–Crippen MR) is 161 cm³/mol. The van der Waals surface area contributed by atoms with Crippen molar-refractivity contribution in [3.05, 3.63) is 53.2 Å². The maximum atomic E-state index is 5.79. The molecule has 1 unspecified atom stereocenters. The van der Waals surface area contributed by atoms with E-state index in [1.54, 1.807) is 0 Å². The summed E-state index contributed by atoms with van der Waals surface area (Å²) in [5.74, 6) is 2.49. The van der Waals surface area contributed by atoms with E-state index < -0.39 is 0 Å². The first kappa shape index (κ1) is 27.6. The molecule has 1 saturated heterocycles. The molecule has 0 amide bonds. The molecule has 4 aromatic rings. The van der Waals surface area contributed by atoms with Crippen LogP contribution in [-0.4, -0.2) is 109 Å². The molecule has 216 valence electrons. The molecule has 0 bridgehead atoms. The number of benzene rings is 2. The summed E-state index contributed by atoms with van der Waals surface area (Å²) >= 11 is 0. The molecule has 2 aromatic carbocycles. The van der Waals surface area contributed by atoms with Crippen LogP contribution in [0, 0.1) is 0 Å². The van der Waals surface area contributed by atoms with Gasteiger partial charge in [-0.25, -0.2) is 9.97 Å². The van der Waals surface area contributed by atoms with Crippen LogP contribution in [-0.2, 0) is 9.47 Å². The van der Waals surface area contributed by atoms with Crippen LogP contribution in [0.2, 0.25) is 0 Å². The van der Waals surface area contributed by atoms with Crippen molar-refractivity contribution in [2.75, 3.05) is 72.8 Å². The topological polar surface area (TPSA) is 118 Å². The maximum Gasteiger partial charge on any atom is 0.138 e. The lowest BCUT2D eigenvalue weighted by molar-refractivity contribution is 0.0388. The zero-order valence-electron chi connectivity index (χ0n) is 23.6. The molecule has 4 N–H and O–H groups in total. The smallest absolute Gasteiger partial charge is 0.138 e. The molecule has 2 aromatic heterocycles. The van der Waals surface area contributed by atoms with Crippen LogP contribution in [0.3, 0.4) is 0 Å². The number of piperazine rings is 1. The Kier molecular flexibility index (Phi) is 8.74. The Labute approximate surface area is 239 Å². The fourth-order valence-corrected chi connectivity index (χ4v) is 5.34. The maximum absolute atomic E-state index is 5.79. The molecule has 1 aliphatic heterocycles. The quantitative estimate of drug-likeness (QED) is 0.225. The summed E-state index contributed by atoms with van der Waals surface area (Å²) in [6.07, 6.45) is 5.63. The summed E-state index contributed by atoms with van der Waals surface area (Å²) in [4.78, 5) is 21.8. The zero-order chi connectivity index (χ0) is 28.0. The van der Waals surface area contributed by atoms with Crippen molar-refractivity contribution in [3.8, 4) is 28.5 Å². The van der Waals surface area contributed by atoms with E-state index in [-0.39, 0.29) is 0 Å². The van der Waals surface area contributed by atoms with Gasteiger partial charge >= 0.3 is 0 Å². The number of nitrogens with two attached hydrogens (primary N) is 1. The molecule has 0 spiro atoms. The number of H-pyrrole nitrogens is 2. The van der Waals surface area contributed by atoms with E-state index in [9.17, 15) is 0 Å². The van der Waals surface area contributed by atoms with Gasteiger partial charge in [0, 0.05) is 49.9 Å². The van der Waals surface area contributed by atoms with Crippen LogP contribution < -0.4 is 21.2 Å². The van der Waals surface area contributed by atoms with Crippen LogP contribution >= 0.6 is 0 Å². The molecule has 41 heavy (non-hydrogen) atoms. The number of imidazole rings is 2. The van der Waals surface area contributed by atoms with Gasteiger partial charge in [-0.1, -0.05) is 6.08 Å². The van der Waals surface area contributed by atoms with Gasteiger partial charge in [0.05, 0.1) is 48.2 Å². The second-order valence-electron chi connectivity index (χ2n) is 10.6. The third-order valence-electron chi connectivity index (χ3n) is 7.70. The van der Waals surface area contributed by atoms with Gasteiger partial charge in [0.2, 0.25) is 0 Å². The molecule has 1 fully saturated rings. The Bertz CT molecular complexity index is 1550. The van der Waals surface area contributed by atoms with E-state index in [0.717, 1.165) is 82.9 Å². The number of fused-ring (bicyclic) bond motifs is 2. The highest BCUT2D eigenvalue weighted by molar-refractivity contribution is 5.83. The van der Waals surface area contributed by atoms with Crippen LogP contribution in [0.25, 0.3) is 46.0 Å². The van der Waals surface area contributed by atoms with Crippen molar-refractivity contribution in [2.45, 2.75) is 12.5 Å². The van der Waals surface area contributed by atoms with E-state index in [1.165, 1.54) is 0 Å². The van der Waals surface area contributed by atoms with E-state index in [1.807, 2.05) is 24.3 Å². The molecule has 2 aliphatic rings. The Morgan fingerprint density at radius 1 is 0.854 bits per heavy atom. The van der Waals surface area contributed by atoms with Crippen molar-refractivity contribution in [1.29, 1.82) is 0 Å². The second-order valence-corrected chi connectivity index (χ2v) is 10.6. The lowest BCUT2D eigenvalue weighted by Crippen LogP contribution is -2.50. The lowest BCUT2D eigenvalue weighted by Gasteiger charge is -2.36. The molecular weight excluding hydrogens is 518 g/mol. The van der Waals surface area contributed by atoms with Gasteiger partial charge < -0.3 is 34.8 Å². The van der Waals surface area contributed by atoms with Crippen LogP contribution in [0.15, 0.2) is 42.5 Å². The molecule has 1 aliphatic carbocycles. The standard InChI is InChI=1S/C31H39N7O3/c1-37-11-13-38(14-12-37)24-5-9-27-29(21-24)36-31(34-27)23-4-8-26-28(20-23)35-30(33-26)22-2-6-25(7-3-22)41-19-18-40-17-16-39-15-10-32/h2-4,6-9,20-21,24H,5,10-19,32H2,1H3,(H,33,35)(H,34,36). The third kappa shape index (κ3) is 6.69. The highest BCUT2D eigenvalue weighted by Crippen LogP contribution is 2.25. The fourth-order valence-electron chi connectivity index (χ4n) is 5.34. The van der Waals surface area contributed by atoms with E-state index >= 15 is 0 Å². The van der Waals surface area contributed by atoms with E-state index in [0.29, 0.717) is 45.6 Å². The van der Waals surface area contributed by atoms with Crippen molar-refractivity contribution in [3.63, 3.8) is 0 Å². The van der Waals surface area contributed by atoms with Gasteiger partial charge in [-0.15, -0.1) is 0 Å². The summed E-state index contributed by atoms with van der Waals surface area (Å²) in [6.45, 7) is 7.59. The average molecular weight is 558 g/mol. The van der Waals surface area contributed by atoms with Gasteiger partial charge in [0.1, 0.15) is 24.0 Å². The minimum atomic E-state index is 0.417. The van der Waals surface area contributed by atoms with Crippen molar-refractivity contribution in [1.82, 2.24) is 29.7 Å². The SMILES string of the molecule is CN1CCN(C2C=c3nc(-c4ccc5[nH]c(-c6ccc(OCCOCCOCCN)cc6)nc5c4)[nH]c3=CC2)CC1. The number of ether oxygens (including phenoxy) is 3. The van der Waals surface area contributed by atoms with Crippen molar-refractivity contribution in [2.24, 2.45) is 5.73 Å².